The zero-order valence-electron chi connectivity index (χ0n) is 10.3. The van der Waals surface area contributed by atoms with Crippen LogP contribution in [0.25, 0.3) is 5.69 Å². The Bertz CT molecular complexity index is 534. The summed E-state index contributed by atoms with van der Waals surface area (Å²) in [6.45, 7) is 1.95. The van der Waals surface area contributed by atoms with E-state index in [1.807, 2.05) is 37.3 Å². The van der Waals surface area contributed by atoms with Crippen LogP contribution in [0.5, 0.6) is 5.75 Å². The molecule has 0 aliphatic rings. The van der Waals surface area contributed by atoms with Crippen molar-refractivity contribution in [3.63, 3.8) is 0 Å². The molecule has 0 unspecified atom stereocenters. The molecule has 0 N–H and O–H groups in total. The molecular formula is C13H14N2O3. The Morgan fingerprint density at radius 1 is 1.33 bits per heavy atom. The average molecular weight is 246 g/mol. The maximum atomic E-state index is 11.1. The lowest BCUT2D eigenvalue weighted by Gasteiger charge is -2.00. The number of nitrogens with zero attached hydrogens (tertiary/aromatic N) is 2. The van der Waals surface area contributed by atoms with Crippen molar-refractivity contribution in [3.05, 3.63) is 42.2 Å². The summed E-state index contributed by atoms with van der Waals surface area (Å²) in [6.07, 6.45) is 1.61. The second-order valence-electron chi connectivity index (χ2n) is 3.63. The number of rotatable bonds is 3. The van der Waals surface area contributed by atoms with Gasteiger partial charge in [0.25, 0.3) is 0 Å². The lowest BCUT2D eigenvalue weighted by Crippen LogP contribution is -2.07. The van der Waals surface area contributed by atoms with Crippen LogP contribution in [-0.2, 0) is 11.2 Å². The molecule has 0 spiro atoms. The molecule has 2 aromatic rings. The van der Waals surface area contributed by atoms with Crippen molar-refractivity contribution in [1.29, 1.82) is 0 Å². The van der Waals surface area contributed by atoms with Crippen molar-refractivity contribution in [1.82, 2.24) is 9.78 Å². The molecule has 0 aliphatic carbocycles. The number of ether oxygens (including phenoxy) is 2. The van der Waals surface area contributed by atoms with Gasteiger partial charge in [-0.15, -0.1) is 0 Å². The van der Waals surface area contributed by atoms with Crippen LogP contribution in [0, 0.1) is 0 Å². The Morgan fingerprint density at radius 2 is 2.06 bits per heavy atom. The van der Waals surface area contributed by atoms with Gasteiger partial charge in [-0.1, -0.05) is 25.1 Å². The van der Waals surface area contributed by atoms with Gasteiger partial charge in [-0.2, -0.15) is 5.10 Å². The van der Waals surface area contributed by atoms with E-state index in [0.717, 1.165) is 5.69 Å². The average Bonchev–Trinajstić information content (AvgIpc) is 2.82. The SMILES string of the molecule is CCc1nn(-c2ccccc2)cc1OC(=O)OC. The predicted molar refractivity (Wildman–Crippen MR) is 66.0 cm³/mol. The van der Waals surface area contributed by atoms with Crippen LogP contribution >= 0.6 is 0 Å². The molecular weight excluding hydrogens is 232 g/mol. The number of carbonyl (C=O) groups excluding carboxylic acids is 1. The Labute approximate surface area is 105 Å². The van der Waals surface area contributed by atoms with E-state index >= 15 is 0 Å². The number of benzene rings is 1. The molecule has 0 amide bonds. The molecule has 0 bridgehead atoms. The number of aryl methyl sites for hydroxylation is 1. The van der Waals surface area contributed by atoms with Gasteiger partial charge in [0.05, 0.1) is 19.0 Å². The maximum Gasteiger partial charge on any atom is 0.513 e. The van der Waals surface area contributed by atoms with Crippen LogP contribution in [0.3, 0.4) is 0 Å². The summed E-state index contributed by atoms with van der Waals surface area (Å²) in [4.78, 5) is 11.1. The summed E-state index contributed by atoms with van der Waals surface area (Å²) in [5.74, 6) is 0.424. The largest absolute Gasteiger partial charge is 0.513 e. The topological polar surface area (TPSA) is 53.4 Å². The minimum Gasteiger partial charge on any atom is -0.437 e. The van der Waals surface area contributed by atoms with Crippen molar-refractivity contribution in [3.8, 4) is 11.4 Å². The van der Waals surface area contributed by atoms with Crippen LogP contribution in [-0.4, -0.2) is 23.0 Å². The van der Waals surface area contributed by atoms with Gasteiger partial charge in [0.1, 0.15) is 5.69 Å². The fraction of sp³-hybridized carbons (Fsp3) is 0.231. The third kappa shape index (κ3) is 2.51. The summed E-state index contributed by atoms with van der Waals surface area (Å²) in [7, 11) is 1.27. The van der Waals surface area contributed by atoms with Gasteiger partial charge >= 0.3 is 6.16 Å². The zero-order valence-corrected chi connectivity index (χ0v) is 10.3. The molecule has 1 aromatic carbocycles. The van der Waals surface area contributed by atoms with Crippen molar-refractivity contribution in [2.45, 2.75) is 13.3 Å². The second kappa shape index (κ2) is 5.35. The lowest BCUT2D eigenvalue weighted by atomic mass is 10.3. The Morgan fingerprint density at radius 3 is 2.67 bits per heavy atom. The van der Waals surface area contributed by atoms with E-state index in [2.05, 4.69) is 9.84 Å². The molecule has 18 heavy (non-hydrogen) atoms. The van der Waals surface area contributed by atoms with Gasteiger partial charge in [0.2, 0.25) is 0 Å². The molecule has 0 radical (unpaired) electrons. The summed E-state index contributed by atoms with van der Waals surface area (Å²) < 4.78 is 11.2. The van der Waals surface area contributed by atoms with Crippen molar-refractivity contribution >= 4 is 6.16 Å². The number of methoxy groups -OCH3 is 1. The van der Waals surface area contributed by atoms with Gasteiger partial charge in [0, 0.05) is 0 Å². The summed E-state index contributed by atoms with van der Waals surface area (Å²) in [5.41, 5.74) is 1.62. The minimum absolute atomic E-state index is 0.424. The normalized spacial score (nSPS) is 10.1. The van der Waals surface area contributed by atoms with Crippen LogP contribution in [0.1, 0.15) is 12.6 Å². The van der Waals surface area contributed by atoms with E-state index in [4.69, 9.17) is 4.74 Å². The molecule has 5 nitrogen and oxygen atoms in total. The molecule has 0 fully saturated rings. The van der Waals surface area contributed by atoms with Gasteiger partial charge in [-0.3, -0.25) is 0 Å². The Kier molecular flexibility index (Phi) is 3.62. The van der Waals surface area contributed by atoms with E-state index in [1.165, 1.54) is 7.11 Å². The second-order valence-corrected chi connectivity index (χ2v) is 3.63. The van der Waals surface area contributed by atoms with Crippen molar-refractivity contribution in [2.75, 3.05) is 7.11 Å². The highest BCUT2D eigenvalue weighted by Crippen LogP contribution is 2.20. The first-order valence-electron chi connectivity index (χ1n) is 5.64. The molecule has 0 saturated carbocycles. The van der Waals surface area contributed by atoms with Crippen LogP contribution in [0.2, 0.25) is 0 Å². The quantitative estimate of drug-likeness (QED) is 0.781. The molecule has 1 heterocycles. The molecule has 1 aromatic heterocycles. The summed E-state index contributed by atoms with van der Waals surface area (Å²) in [6, 6.07) is 9.62. The molecule has 0 saturated heterocycles. The first-order chi connectivity index (χ1) is 8.74. The van der Waals surface area contributed by atoms with Gasteiger partial charge in [-0.25, -0.2) is 9.48 Å². The number of carbonyl (C=O) groups is 1. The summed E-state index contributed by atoms with van der Waals surface area (Å²) >= 11 is 0. The minimum atomic E-state index is -0.739. The Balaban J connectivity index is 2.32. The highest BCUT2D eigenvalue weighted by atomic mass is 16.7. The van der Waals surface area contributed by atoms with Gasteiger partial charge in [0.15, 0.2) is 5.75 Å². The van der Waals surface area contributed by atoms with E-state index in [0.29, 0.717) is 17.9 Å². The molecule has 5 heteroatoms. The molecule has 0 aliphatic heterocycles. The monoisotopic (exact) mass is 246 g/mol. The van der Waals surface area contributed by atoms with E-state index in [9.17, 15) is 4.79 Å². The van der Waals surface area contributed by atoms with Crippen molar-refractivity contribution in [2.24, 2.45) is 0 Å². The van der Waals surface area contributed by atoms with Crippen LogP contribution in [0.15, 0.2) is 36.5 Å². The highest BCUT2D eigenvalue weighted by Gasteiger charge is 2.13. The summed E-state index contributed by atoms with van der Waals surface area (Å²) in [5, 5.41) is 4.37. The van der Waals surface area contributed by atoms with Gasteiger partial charge in [-0.05, 0) is 18.6 Å². The maximum absolute atomic E-state index is 11.1. The molecule has 2 rings (SSSR count). The number of hydrogen-bond acceptors (Lipinski definition) is 4. The van der Waals surface area contributed by atoms with Crippen LogP contribution < -0.4 is 4.74 Å². The number of aromatic nitrogens is 2. The predicted octanol–water partition coefficient (Wildman–Crippen LogP) is 2.58. The first kappa shape index (κ1) is 12.2. The smallest absolute Gasteiger partial charge is 0.437 e. The van der Waals surface area contributed by atoms with E-state index in [1.54, 1.807) is 10.9 Å². The van der Waals surface area contributed by atoms with Gasteiger partial charge < -0.3 is 9.47 Å². The Hall–Kier alpha value is -2.30. The first-order valence-corrected chi connectivity index (χ1v) is 5.64. The zero-order chi connectivity index (χ0) is 13.0. The molecule has 94 valence electrons. The standard InChI is InChI=1S/C13H14N2O3/c1-3-11-12(18-13(16)17-2)9-15(14-11)10-7-5-4-6-8-10/h4-9H,3H2,1-2H3. The lowest BCUT2D eigenvalue weighted by molar-refractivity contribution is 0.121. The third-order valence-corrected chi connectivity index (χ3v) is 2.47. The number of hydrogen-bond donors (Lipinski definition) is 0. The van der Waals surface area contributed by atoms with E-state index in [-0.39, 0.29) is 0 Å². The highest BCUT2D eigenvalue weighted by molar-refractivity contribution is 5.63. The molecule has 0 atom stereocenters. The van der Waals surface area contributed by atoms with E-state index < -0.39 is 6.16 Å². The van der Waals surface area contributed by atoms with Crippen LogP contribution in [0.4, 0.5) is 4.79 Å². The number of para-hydroxylation sites is 1. The fourth-order valence-corrected chi connectivity index (χ4v) is 1.57. The fourth-order valence-electron chi connectivity index (χ4n) is 1.57. The van der Waals surface area contributed by atoms with Crippen molar-refractivity contribution < 1.29 is 14.3 Å². The third-order valence-electron chi connectivity index (χ3n) is 2.47.